The number of hydroxylamine groups is 3. The Morgan fingerprint density at radius 1 is 1.14 bits per heavy atom. The minimum absolute atomic E-state index is 0.0291. The van der Waals surface area contributed by atoms with Crippen LogP contribution in [-0.2, 0) is 6.42 Å². The van der Waals surface area contributed by atoms with Crippen molar-refractivity contribution in [1.82, 2.24) is 15.1 Å². The minimum atomic E-state index is -0.199. The van der Waals surface area contributed by atoms with E-state index in [2.05, 4.69) is 10.2 Å². The Hall–Kier alpha value is -1.70. The standard InChI is InChI=1S/C22H31FN4O2/c23-19-3-1-16(2-4-19)5-7-25-8-6-20(12-25)24-22(28)26-11-18-9-17-10-21(26)15-27(29,13-17)14-18/h1-4,17-18,20-21H,5-15H2,(H,24,28)/t17?,18?,20?,21?,27-/m0/s1. The number of likely N-dealkylation sites (tertiary alicyclic amines) is 1. The summed E-state index contributed by atoms with van der Waals surface area (Å²) < 4.78 is 13.0. The summed E-state index contributed by atoms with van der Waals surface area (Å²) in [4.78, 5) is 17.4. The summed E-state index contributed by atoms with van der Waals surface area (Å²) in [7, 11) is 0. The van der Waals surface area contributed by atoms with Gasteiger partial charge in [-0.1, -0.05) is 12.1 Å². The molecular weight excluding hydrogens is 371 g/mol. The van der Waals surface area contributed by atoms with E-state index in [4.69, 9.17) is 0 Å². The molecule has 158 valence electrons. The number of quaternary nitrogens is 1. The van der Waals surface area contributed by atoms with Crippen molar-refractivity contribution in [3.8, 4) is 0 Å². The van der Waals surface area contributed by atoms with Crippen LogP contribution in [0.5, 0.6) is 0 Å². The third kappa shape index (κ3) is 4.13. The van der Waals surface area contributed by atoms with Crippen molar-refractivity contribution >= 4 is 6.03 Å². The summed E-state index contributed by atoms with van der Waals surface area (Å²) in [5.74, 6) is 0.659. The van der Waals surface area contributed by atoms with E-state index >= 15 is 0 Å². The lowest BCUT2D eigenvalue weighted by atomic mass is 9.83. The van der Waals surface area contributed by atoms with Crippen LogP contribution in [0.4, 0.5) is 9.18 Å². The van der Waals surface area contributed by atoms with Crippen LogP contribution >= 0.6 is 0 Å². The second-order valence-electron chi connectivity index (χ2n) is 9.73. The number of hydrogen-bond donors (Lipinski definition) is 1. The van der Waals surface area contributed by atoms with E-state index in [0.29, 0.717) is 24.9 Å². The monoisotopic (exact) mass is 402 g/mol. The molecule has 0 aliphatic carbocycles. The fourth-order valence-corrected chi connectivity index (χ4v) is 6.18. The molecule has 5 saturated heterocycles. The Kier molecular flexibility index (Phi) is 5.00. The molecule has 29 heavy (non-hydrogen) atoms. The fraction of sp³-hybridized carbons (Fsp3) is 0.682. The molecule has 1 N–H and O–H groups in total. The van der Waals surface area contributed by atoms with Gasteiger partial charge in [-0.2, -0.15) is 0 Å². The van der Waals surface area contributed by atoms with Crippen molar-refractivity contribution in [2.24, 2.45) is 11.8 Å². The first-order chi connectivity index (χ1) is 14.0. The van der Waals surface area contributed by atoms with Gasteiger partial charge in [0.25, 0.3) is 0 Å². The van der Waals surface area contributed by atoms with Gasteiger partial charge in [0, 0.05) is 44.1 Å². The minimum Gasteiger partial charge on any atom is -0.633 e. The molecule has 1 aromatic carbocycles. The number of urea groups is 1. The van der Waals surface area contributed by atoms with Crippen LogP contribution in [0, 0.1) is 22.9 Å². The summed E-state index contributed by atoms with van der Waals surface area (Å²) in [5, 5.41) is 16.2. The quantitative estimate of drug-likeness (QED) is 0.620. The Morgan fingerprint density at radius 3 is 2.72 bits per heavy atom. The molecule has 5 fully saturated rings. The average molecular weight is 403 g/mol. The van der Waals surface area contributed by atoms with Crippen molar-refractivity contribution < 1.29 is 13.8 Å². The molecule has 5 atom stereocenters. The maximum Gasteiger partial charge on any atom is 0.318 e. The SMILES string of the molecule is O=C(NC1CCN(CCc2ccc(F)cc2)C1)N1CC2CC3CC1C[N@+]([O-])(C3)C2. The van der Waals surface area contributed by atoms with Gasteiger partial charge in [-0.25, -0.2) is 9.18 Å². The van der Waals surface area contributed by atoms with Crippen molar-refractivity contribution in [3.05, 3.63) is 40.9 Å². The van der Waals surface area contributed by atoms with Crippen LogP contribution in [0.15, 0.2) is 24.3 Å². The zero-order chi connectivity index (χ0) is 20.0. The smallest absolute Gasteiger partial charge is 0.318 e. The third-order valence-corrected chi connectivity index (χ3v) is 7.38. The molecule has 6 nitrogen and oxygen atoms in total. The van der Waals surface area contributed by atoms with E-state index in [0.717, 1.165) is 64.0 Å². The Bertz CT molecular complexity index is 760. The van der Waals surface area contributed by atoms with Gasteiger partial charge < -0.3 is 25.0 Å². The Labute approximate surface area is 171 Å². The number of benzene rings is 1. The Morgan fingerprint density at radius 2 is 1.93 bits per heavy atom. The lowest BCUT2D eigenvalue weighted by molar-refractivity contribution is -0.898. The third-order valence-electron chi connectivity index (χ3n) is 7.38. The van der Waals surface area contributed by atoms with Crippen LogP contribution in [0.2, 0.25) is 0 Å². The number of carbonyl (C=O) groups excluding carboxylic acids is 1. The molecule has 0 aromatic heterocycles. The van der Waals surface area contributed by atoms with Crippen molar-refractivity contribution in [2.75, 3.05) is 45.8 Å². The lowest BCUT2D eigenvalue weighted by Crippen LogP contribution is -2.60. The zero-order valence-electron chi connectivity index (χ0n) is 16.9. The van der Waals surface area contributed by atoms with Gasteiger partial charge in [-0.15, -0.1) is 0 Å². The van der Waals surface area contributed by atoms with Crippen molar-refractivity contribution in [3.63, 3.8) is 0 Å². The average Bonchev–Trinajstić information content (AvgIpc) is 3.02. The molecule has 0 radical (unpaired) electrons. The molecule has 5 heterocycles. The van der Waals surface area contributed by atoms with Crippen LogP contribution in [0.3, 0.4) is 0 Å². The van der Waals surface area contributed by atoms with E-state index < -0.39 is 0 Å². The Balaban J connectivity index is 1.13. The summed E-state index contributed by atoms with van der Waals surface area (Å²) >= 11 is 0. The largest absolute Gasteiger partial charge is 0.633 e. The molecule has 0 spiro atoms. The summed E-state index contributed by atoms with van der Waals surface area (Å²) in [5.41, 5.74) is 1.14. The van der Waals surface area contributed by atoms with E-state index in [1.165, 1.54) is 12.1 Å². The van der Waals surface area contributed by atoms with Gasteiger partial charge in [0.05, 0.1) is 25.7 Å². The molecular formula is C22H31FN4O2. The topological polar surface area (TPSA) is 58.6 Å². The van der Waals surface area contributed by atoms with Gasteiger partial charge in [-0.3, -0.25) is 0 Å². The van der Waals surface area contributed by atoms with Crippen molar-refractivity contribution in [2.45, 2.75) is 37.8 Å². The van der Waals surface area contributed by atoms with E-state index in [1.54, 1.807) is 0 Å². The predicted octanol–water partition coefficient (Wildman–Crippen LogP) is 2.19. The van der Waals surface area contributed by atoms with Gasteiger partial charge in [0.2, 0.25) is 0 Å². The number of rotatable bonds is 4. The van der Waals surface area contributed by atoms with Gasteiger partial charge in [0.15, 0.2) is 0 Å². The number of fused-ring (bicyclic) bond motifs is 1. The molecule has 4 unspecified atom stereocenters. The second-order valence-corrected chi connectivity index (χ2v) is 9.73. The number of carbonyl (C=O) groups is 1. The summed E-state index contributed by atoms with van der Waals surface area (Å²) in [6.45, 7) is 5.53. The lowest BCUT2D eigenvalue weighted by Gasteiger charge is -2.53. The van der Waals surface area contributed by atoms with Crippen LogP contribution in [0.25, 0.3) is 0 Å². The molecule has 7 heteroatoms. The zero-order valence-corrected chi connectivity index (χ0v) is 16.9. The number of nitrogens with one attached hydrogen (secondary N) is 1. The number of amides is 2. The summed E-state index contributed by atoms with van der Waals surface area (Å²) in [6, 6.07) is 7.00. The molecule has 2 amide bonds. The van der Waals surface area contributed by atoms with Crippen molar-refractivity contribution in [1.29, 1.82) is 0 Å². The maximum atomic E-state index is 13.0. The van der Waals surface area contributed by atoms with Gasteiger partial charge in [-0.05, 0) is 43.4 Å². The van der Waals surface area contributed by atoms with Gasteiger partial charge in [0.1, 0.15) is 5.82 Å². The predicted molar refractivity (Wildman–Crippen MR) is 108 cm³/mol. The number of piperidine rings is 2. The first kappa shape index (κ1) is 19.3. The highest BCUT2D eigenvalue weighted by atomic mass is 19.1. The highest BCUT2D eigenvalue weighted by molar-refractivity contribution is 5.75. The molecule has 6 rings (SSSR count). The van der Waals surface area contributed by atoms with Crippen LogP contribution in [-0.4, -0.2) is 78.4 Å². The molecule has 5 aliphatic heterocycles. The van der Waals surface area contributed by atoms with Crippen LogP contribution < -0.4 is 5.32 Å². The first-order valence-corrected chi connectivity index (χ1v) is 11.1. The fourth-order valence-electron chi connectivity index (χ4n) is 6.18. The number of halogens is 1. The molecule has 4 bridgehead atoms. The molecule has 5 aliphatic rings. The maximum absolute atomic E-state index is 13.0. The second kappa shape index (κ2) is 7.52. The van der Waals surface area contributed by atoms with E-state index in [1.807, 2.05) is 17.0 Å². The first-order valence-electron chi connectivity index (χ1n) is 11.1. The highest BCUT2D eigenvalue weighted by Gasteiger charge is 2.49. The molecule has 1 aromatic rings. The van der Waals surface area contributed by atoms with E-state index in [9.17, 15) is 14.4 Å². The number of hydrogen-bond acceptors (Lipinski definition) is 3. The highest BCUT2D eigenvalue weighted by Crippen LogP contribution is 2.40. The number of nitrogens with zero attached hydrogens (tertiary/aromatic N) is 3. The van der Waals surface area contributed by atoms with Gasteiger partial charge >= 0.3 is 6.03 Å². The van der Waals surface area contributed by atoms with E-state index in [-0.39, 0.29) is 28.6 Å². The molecule has 0 saturated carbocycles. The van der Waals surface area contributed by atoms with Crippen LogP contribution in [0.1, 0.15) is 24.8 Å². The normalized spacial score (nSPS) is 36.4. The summed E-state index contributed by atoms with van der Waals surface area (Å²) in [6.07, 6.45) is 3.97.